The fraction of sp³-hybridized carbons (Fsp3) is 0.310. The minimum absolute atomic E-state index is 0.579. The van der Waals surface area contributed by atoms with Crippen molar-refractivity contribution in [2.45, 2.75) is 32.8 Å². The van der Waals surface area contributed by atoms with E-state index in [2.05, 4.69) is 59.9 Å². The molecule has 3 aromatic carbocycles. The number of rotatable bonds is 11. The summed E-state index contributed by atoms with van der Waals surface area (Å²) in [6.07, 6.45) is 5.32. The molecule has 4 nitrogen and oxygen atoms in total. The third-order valence-corrected chi connectivity index (χ3v) is 5.87. The molecular formula is C29H33NO3. The van der Waals surface area contributed by atoms with Gasteiger partial charge in [0.15, 0.2) is 0 Å². The van der Waals surface area contributed by atoms with Crippen LogP contribution in [0.15, 0.2) is 72.8 Å². The van der Waals surface area contributed by atoms with Gasteiger partial charge in [-0.15, -0.1) is 0 Å². The molecule has 172 valence electrons. The number of hydrogen-bond donors (Lipinski definition) is 1. The van der Waals surface area contributed by atoms with Crippen LogP contribution in [0.1, 0.15) is 42.0 Å². The van der Waals surface area contributed by atoms with E-state index in [1.54, 1.807) is 7.11 Å². The van der Waals surface area contributed by atoms with E-state index in [1.807, 2.05) is 25.1 Å². The van der Waals surface area contributed by atoms with Gasteiger partial charge in [0.25, 0.3) is 0 Å². The lowest BCUT2D eigenvalue weighted by atomic mass is 9.86. The molecule has 33 heavy (non-hydrogen) atoms. The van der Waals surface area contributed by atoms with Crippen LogP contribution in [0.4, 0.5) is 5.69 Å². The number of aryl methyl sites for hydroxylation is 1. The number of anilines is 1. The first kappa shape index (κ1) is 22.9. The van der Waals surface area contributed by atoms with Gasteiger partial charge in [-0.2, -0.15) is 0 Å². The monoisotopic (exact) mass is 443 g/mol. The molecule has 1 aliphatic carbocycles. The molecule has 0 aliphatic heterocycles. The highest BCUT2D eigenvalue weighted by molar-refractivity contribution is 5.86. The molecule has 0 saturated heterocycles. The molecule has 0 spiro atoms. The molecule has 0 amide bonds. The lowest BCUT2D eigenvalue weighted by molar-refractivity contribution is 0.147. The van der Waals surface area contributed by atoms with Gasteiger partial charge in [0.2, 0.25) is 0 Å². The summed E-state index contributed by atoms with van der Waals surface area (Å²) in [6.45, 7) is 5.02. The maximum Gasteiger partial charge on any atom is 0.128 e. The molecule has 0 unspecified atom stereocenters. The van der Waals surface area contributed by atoms with Crippen LogP contribution in [0.3, 0.4) is 0 Å². The second-order valence-electron chi connectivity index (χ2n) is 8.14. The van der Waals surface area contributed by atoms with E-state index >= 15 is 0 Å². The molecular weight excluding hydrogens is 410 g/mol. The number of allylic oxidation sites excluding steroid dienone is 1. The zero-order valence-corrected chi connectivity index (χ0v) is 19.6. The first-order chi connectivity index (χ1) is 16.3. The summed E-state index contributed by atoms with van der Waals surface area (Å²) in [5.74, 6) is 1.80. The third-order valence-electron chi connectivity index (χ3n) is 5.87. The highest BCUT2D eigenvalue weighted by atomic mass is 16.5. The van der Waals surface area contributed by atoms with Crippen molar-refractivity contribution >= 4 is 11.3 Å². The van der Waals surface area contributed by atoms with Crippen LogP contribution < -0.4 is 14.8 Å². The maximum absolute atomic E-state index is 6.06. The largest absolute Gasteiger partial charge is 0.496 e. The standard InChI is InChI=1S/C29H33NO3/c1-3-32-18-8-17-30-24-13-15-28(29(20-24)31-2)27-12-7-11-23-19-25(14-16-26(23)27)33-21-22-9-5-4-6-10-22/h4-6,9-10,12-16,19-20,30H,3,7-8,11,17-18,21H2,1-2H3. The molecule has 0 bridgehead atoms. The zero-order valence-electron chi connectivity index (χ0n) is 19.6. The Kier molecular flexibility index (Phi) is 8.04. The van der Waals surface area contributed by atoms with Gasteiger partial charge < -0.3 is 19.5 Å². The quantitative estimate of drug-likeness (QED) is 0.344. The predicted molar refractivity (Wildman–Crippen MR) is 135 cm³/mol. The maximum atomic E-state index is 6.06. The molecule has 0 heterocycles. The highest BCUT2D eigenvalue weighted by Gasteiger charge is 2.18. The first-order valence-corrected chi connectivity index (χ1v) is 11.8. The van der Waals surface area contributed by atoms with Gasteiger partial charge in [0, 0.05) is 37.1 Å². The van der Waals surface area contributed by atoms with Crippen molar-refractivity contribution in [3.8, 4) is 11.5 Å². The van der Waals surface area contributed by atoms with E-state index in [-0.39, 0.29) is 0 Å². The Labute approximate surface area is 197 Å². The van der Waals surface area contributed by atoms with Crippen LogP contribution in [0.25, 0.3) is 5.57 Å². The minimum atomic E-state index is 0.579. The summed E-state index contributed by atoms with van der Waals surface area (Å²) in [4.78, 5) is 0. The fourth-order valence-corrected chi connectivity index (χ4v) is 4.18. The molecule has 1 aliphatic rings. The Bertz CT molecular complexity index is 1080. The minimum Gasteiger partial charge on any atom is -0.496 e. The Morgan fingerprint density at radius 1 is 0.939 bits per heavy atom. The van der Waals surface area contributed by atoms with E-state index < -0.39 is 0 Å². The van der Waals surface area contributed by atoms with Gasteiger partial charge in [-0.1, -0.05) is 42.5 Å². The van der Waals surface area contributed by atoms with Crippen molar-refractivity contribution < 1.29 is 14.2 Å². The lowest BCUT2D eigenvalue weighted by Gasteiger charge is -2.21. The van der Waals surface area contributed by atoms with Crippen LogP contribution in [0.2, 0.25) is 0 Å². The fourth-order valence-electron chi connectivity index (χ4n) is 4.18. The van der Waals surface area contributed by atoms with E-state index in [0.29, 0.717) is 6.61 Å². The number of hydrogen-bond acceptors (Lipinski definition) is 4. The molecule has 0 aromatic heterocycles. The molecule has 0 fully saturated rings. The van der Waals surface area contributed by atoms with Crippen LogP contribution in [-0.2, 0) is 17.8 Å². The molecule has 3 aromatic rings. The normalized spacial score (nSPS) is 12.6. The van der Waals surface area contributed by atoms with E-state index in [0.717, 1.165) is 61.8 Å². The number of fused-ring (bicyclic) bond motifs is 1. The summed E-state index contributed by atoms with van der Waals surface area (Å²) in [5, 5.41) is 3.47. The van der Waals surface area contributed by atoms with E-state index in [1.165, 1.54) is 22.3 Å². The first-order valence-electron chi connectivity index (χ1n) is 11.8. The Morgan fingerprint density at radius 2 is 1.79 bits per heavy atom. The van der Waals surface area contributed by atoms with Crippen LogP contribution in [0, 0.1) is 0 Å². The summed E-state index contributed by atoms with van der Waals surface area (Å²) >= 11 is 0. The number of benzene rings is 3. The van der Waals surface area contributed by atoms with Crippen molar-refractivity contribution in [1.29, 1.82) is 0 Å². The van der Waals surface area contributed by atoms with Crippen LogP contribution >= 0.6 is 0 Å². The van der Waals surface area contributed by atoms with Gasteiger partial charge in [-0.05, 0) is 72.7 Å². The number of nitrogens with one attached hydrogen (secondary N) is 1. The topological polar surface area (TPSA) is 39.7 Å². The van der Waals surface area contributed by atoms with Gasteiger partial charge in [0.1, 0.15) is 18.1 Å². The van der Waals surface area contributed by atoms with Gasteiger partial charge in [-0.25, -0.2) is 0 Å². The Morgan fingerprint density at radius 3 is 2.61 bits per heavy atom. The van der Waals surface area contributed by atoms with E-state index in [9.17, 15) is 0 Å². The van der Waals surface area contributed by atoms with Gasteiger partial charge >= 0.3 is 0 Å². The molecule has 1 N–H and O–H groups in total. The summed E-state index contributed by atoms with van der Waals surface area (Å²) in [6, 6.07) is 23.1. The van der Waals surface area contributed by atoms with Crippen LogP contribution in [0.5, 0.6) is 11.5 Å². The second kappa shape index (κ2) is 11.6. The molecule has 4 heteroatoms. The Balaban J connectivity index is 1.48. The van der Waals surface area contributed by atoms with Crippen molar-refractivity contribution in [3.63, 3.8) is 0 Å². The average molecular weight is 444 g/mol. The third kappa shape index (κ3) is 5.96. The smallest absolute Gasteiger partial charge is 0.128 e. The number of methoxy groups -OCH3 is 1. The van der Waals surface area contributed by atoms with Crippen LogP contribution in [-0.4, -0.2) is 26.9 Å². The molecule has 0 saturated carbocycles. The van der Waals surface area contributed by atoms with E-state index in [4.69, 9.17) is 14.2 Å². The van der Waals surface area contributed by atoms with Crippen molar-refractivity contribution in [2.24, 2.45) is 0 Å². The summed E-state index contributed by atoms with van der Waals surface area (Å²) in [5.41, 5.74) is 7.16. The SMILES string of the molecule is CCOCCCNc1ccc(C2=CCCc3cc(OCc4ccccc4)ccc32)c(OC)c1. The predicted octanol–water partition coefficient (Wildman–Crippen LogP) is 6.49. The Hall–Kier alpha value is -3.24. The average Bonchev–Trinajstić information content (AvgIpc) is 2.87. The summed E-state index contributed by atoms with van der Waals surface area (Å²) < 4.78 is 17.3. The van der Waals surface area contributed by atoms with Crippen molar-refractivity contribution in [2.75, 3.05) is 32.2 Å². The summed E-state index contributed by atoms with van der Waals surface area (Å²) in [7, 11) is 1.74. The number of ether oxygens (including phenoxy) is 3. The van der Waals surface area contributed by atoms with Crippen molar-refractivity contribution in [3.05, 3.63) is 95.1 Å². The van der Waals surface area contributed by atoms with Crippen molar-refractivity contribution in [1.82, 2.24) is 0 Å². The zero-order chi connectivity index (χ0) is 22.9. The highest BCUT2D eigenvalue weighted by Crippen LogP contribution is 2.38. The molecule has 0 radical (unpaired) electrons. The molecule has 4 rings (SSSR count). The second-order valence-corrected chi connectivity index (χ2v) is 8.14. The van der Waals surface area contributed by atoms with Gasteiger partial charge in [-0.3, -0.25) is 0 Å². The lowest BCUT2D eigenvalue weighted by Crippen LogP contribution is -2.07. The molecule has 0 atom stereocenters. The van der Waals surface area contributed by atoms with Gasteiger partial charge in [0.05, 0.1) is 7.11 Å².